The van der Waals surface area contributed by atoms with Gasteiger partial charge in [-0.1, -0.05) is 0 Å². The Labute approximate surface area is 84.8 Å². The first kappa shape index (κ1) is 13.4. The highest BCUT2D eigenvalue weighted by Gasteiger charge is 2.03. The number of amides is 1. The molecule has 1 atom stereocenters. The summed E-state index contributed by atoms with van der Waals surface area (Å²) in [6.07, 6.45) is -0.0719. The molecule has 0 saturated carbocycles. The van der Waals surface area contributed by atoms with Crippen molar-refractivity contribution in [3.05, 3.63) is 0 Å². The van der Waals surface area contributed by atoms with Crippen LogP contribution in [0.15, 0.2) is 0 Å². The van der Waals surface area contributed by atoms with Crippen LogP contribution < -0.4 is 10.6 Å². The highest BCUT2D eigenvalue weighted by molar-refractivity contribution is 5.75. The second kappa shape index (κ2) is 8.93. The van der Waals surface area contributed by atoms with E-state index in [1.165, 1.54) is 0 Å². The van der Waals surface area contributed by atoms with Gasteiger partial charge in [0.05, 0.1) is 12.7 Å². The van der Waals surface area contributed by atoms with Gasteiger partial charge in [-0.3, -0.25) is 4.79 Å². The summed E-state index contributed by atoms with van der Waals surface area (Å²) in [6.45, 7) is 3.85. The monoisotopic (exact) mass is 204 g/mol. The SMILES string of the molecule is CCOCC(O)CNCCC(=O)NC. The molecule has 14 heavy (non-hydrogen) atoms. The number of aliphatic hydroxyl groups excluding tert-OH is 1. The van der Waals surface area contributed by atoms with Gasteiger partial charge in [-0.2, -0.15) is 0 Å². The largest absolute Gasteiger partial charge is 0.389 e. The number of aliphatic hydroxyl groups is 1. The minimum absolute atomic E-state index is 0.00296. The Morgan fingerprint density at radius 3 is 2.86 bits per heavy atom. The number of carbonyl (C=O) groups excluding carboxylic acids is 1. The number of hydrogen-bond acceptors (Lipinski definition) is 4. The Morgan fingerprint density at radius 1 is 1.57 bits per heavy atom. The molecule has 0 saturated heterocycles. The molecule has 0 aliphatic rings. The number of rotatable bonds is 8. The van der Waals surface area contributed by atoms with Crippen molar-refractivity contribution in [2.45, 2.75) is 19.4 Å². The molecular weight excluding hydrogens is 184 g/mol. The van der Waals surface area contributed by atoms with Crippen molar-refractivity contribution in [1.82, 2.24) is 10.6 Å². The van der Waals surface area contributed by atoms with Crippen LogP contribution in [0.5, 0.6) is 0 Å². The highest BCUT2D eigenvalue weighted by atomic mass is 16.5. The topological polar surface area (TPSA) is 70.6 Å². The van der Waals surface area contributed by atoms with Gasteiger partial charge in [0.15, 0.2) is 0 Å². The zero-order valence-electron chi connectivity index (χ0n) is 8.88. The second-order valence-electron chi connectivity index (χ2n) is 2.94. The quantitative estimate of drug-likeness (QED) is 0.449. The molecule has 84 valence electrons. The maximum absolute atomic E-state index is 10.8. The molecule has 5 nitrogen and oxygen atoms in total. The molecule has 3 N–H and O–H groups in total. The van der Waals surface area contributed by atoms with Gasteiger partial charge in [0.2, 0.25) is 5.91 Å². The van der Waals surface area contributed by atoms with Crippen LogP contribution in [0.1, 0.15) is 13.3 Å². The van der Waals surface area contributed by atoms with Crippen LogP contribution in [-0.4, -0.2) is 50.5 Å². The minimum atomic E-state index is -0.500. The van der Waals surface area contributed by atoms with Gasteiger partial charge in [-0.25, -0.2) is 0 Å². The standard InChI is InChI=1S/C9H20N2O3/c1-3-14-7-8(12)6-11-5-4-9(13)10-2/h8,11-12H,3-7H2,1-2H3,(H,10,13). The summed E-state index contributed by atoms with van der Waals surface area (Å²) in [5.74, 6) is -0.00296. The molecular formula is C9H20N2O3. The van der Waals surface area contributed by atoms with Crippen LogP contribution in [0.25, 0.3) is 0 Å². The van der Waals surface area contributed by atoms with E-state index in [1.807, 2.05) is 6.92 Å². The molecule has 0 bridgehead atoms. The molecule has 0 aromatic carbocycles. The van der Waals surface area contributed by atoms with Crippen LogP contribution >= 0.6 is 0 Å². The molecule has 1 amide bonds. The summed E-state index contributed by atoms with van der Waals surface area (Å²) in [5.41, 5.74) is 0. The molecule has 0 aromatic heterocycles. The maximum Gasteiger partial charge on any atom is 0.221 e. The minimum Gasteiger partial charge on any atom is -0.389 e. The fraction of sp³-hybridized carbons (Fsp3) is 0.889. The molecule has 0 heterocycles. The third-order valence-corrected chi connectivity index (χ3v) is 1.70. The summed E-state index contributed by atoms with van der Waals surface area (Å²) in [5, 5.41) is 14.8. The van der Waals surface area contributed by atoms with Gasteiger partial charge in [0, 0.05) is 33.2 Å². The van der Waals surface area contributed by atoms with Crippen molar-refractivity contribution in [1.29, 1.82) is 0 Å². The zero-order chi connectivity index (χ0) is 10.8. The summed E-state index contributed by atoms with van der Waals surface area (Å²) < 4.78 is 5.03. The third-order valence-electron chi connectivity index (χ3n) is 1.70. The molecule has 5 heteroatoms. The predicted octanol–water partition coefficient (Wildman–Crippen LogP) is -0.890. The Hall–Kier alpha value is -0.650. The smallest absolute Gasteiger partial charge is 0.221 e. The van der Waals surface area contributed by atoms with Gasteiger partial charge >= 0.3 is 0 Å². The Morgan fingerprint density at radius 2 is 2.29 bits per heavy atom. The fourth-order valence-corrected chi connectivity index (χ4v) is 0.908. The van der Waals surface area contributed by atoms with E-state index >= 15 is 0 Å². The van der Waals surface area contributed by atoms with Gasteiger partial charge in [0.25, 0.3) is 0 Å². The van der Waals surface area contributed by atoms with Crippen molar-refractivity contribution in [3.8, 4) is 0 Å². The van der Waals surface area contributed by atoms with E-state index in [0.29, 0.717) is 32.7 Å². The normalized spacial score (nSPS) is 12.5. The number of nitrogens with one attached hydrogen (secondary N) is 2. The fourth-order valence-electron chi connectivity index (χ4n) is 0.908. The lowest BCUT2D eigenvalue weighted by Gasteiger charge is -2.11. The summed E-state index contributed by atoms with van der Waals surface area (Å²) >= 11 is 0. The van der Waals surface area contributed by atoms with Crippen LogP contribution in [-0.2, 0) is 9.53 Å². The van der Waals surface area contributed by atoms with Gasteiger partial charge in [-0.05, 0) is 6.92 Å². The Balaban J connectivity index is 3.22. The third kappa shape index (κ3) is 7.97. The number of carbonyl (C=O) groups is 1. The van der Waals surface area contributed by atoms with E-state index in [1.54, 1.807) is 7.05 Å². The maximum atomic E-state index is 10.8. The van der Waals surface area contributed by atoms with E-state index in [9.17, 15) is 9.90 Å². The van der Waals surface area contributed by atoms with Crippen molar-refractivity contribution in [2.24, 2.45) is 0 Å². The number of ether oxygens (including phenoxy) is 1. The first-order valence-corrected chi connectivity index (χ1v) is 4.87. The lowest BCUT2D eigenvalue weighted by molar-refractivity contribution is -0.120. The Kier molecular flexibility index (Phi) is 8.51. The first-order valence-electron chi connectivity index (χ1n) is 4.87. The van der Waals surface area contributed by atoms with Crippen LogP contribution in [0.3, 0.4) is 0 Å². The lowest BCUT2D eigenvalue weighted by Crippen LogP contribution is -2.33. The first-order chi connectivity index (χ1) is 6.70. The zero-order valence-corrected chi connectivity index (χ0v) is 8.88. The summed E-state index contributed by atoms with van der Waals surface area (Å²) in [4.78, 5) is 10.8. The van der Waals surface area contributed by atoms with Gasteiger partial charge in [-0.15, -0.1) is 0 Å². The van der Waals surface area contributed by atoms with Gasteiger partial charge < -0.3 is 20.5 Å². The van der Waals surface area contributed by atoms with E-state index in [0.717, 1.165) is 0 Å². The molecule has 1 unspecified atom stereocenters. The molecule has 0 spiro atoms. The van der Waals surface area contributed by atoms with Crippen molar-refractivity contribution in [2.75, 3.05) is 33.4 Å². The molecule has 0 radical (unpaired) electrons. The predicted molar refractivity (Wildman–Crippen MR) is 54.1 cm³/mol. The average Bonchev–Trinajstić information content (AvgIpc) is 2.21. The number of hydrogen-bond donors (Lipinski definition) is 3. The van der Waals surface area contributed by atoms with Crippen LogP contribution in [0, 0.1) is 0 Å². The van der Waals surface area contributed by atoms with E-state index in [2.05, 4.69) is 10.6 Å². The Bertz CT molecular complexity index is 153. The lowest BCUT2D eigenvalue weighted by atomic mass is 10.3. The summed E-state index contributed by atoms with van der Waals surface area (Å²) in [6, 6.07) is 0. The van der Waals surface area contributed by atoms with E-state index < -0.39 is 6.10 Å². The molecule has 0 aliphatic heterocycles. The molecule has 0 rings (SSSR count). The molecule has 0 aliphatic carbocycles. The second-order valence-corrected chi connectivity index (χ2v) is 2.94. The van der Waals surface area contributed by atoms with Crippen molar-refractivity contribution >= 4 is 5.91 Å². The van der Waals surface area contributed by atoms with Gasteiger partial charge in [0.1, 0.15) is 0 Å². The highest BCUT2D eigenvalue weighted by Crippen LogP contribution is 1.84. The van der Waals surface area contributed by atoms with Crippen molar-refractivity contribution in [3.63, 3.8) is 0 Å². The van der Waals surface area contributed by atoms with Crippen molar-refractivity contribution < 1.29 is 14.6 Å². The van der Waals surface area contributed by atoms with Crippen LogP contribution in [0.2, 0.25) is 0 Å². The molecule has 0 fully saturated rings. The average molecular weight is 204 g/mol. The summed E-state index contributed by atoms with van der Waals surface area (Å²) in [7, 11) is 1.60. The van der Waals surface area contributed by atoms with Crippen LogP contribution in [0.4, 0.5) is 0 Å². The van der Waals surface area contributed by atoms with E-state index in [-0.39, 0.29) is 5.91 Å². The van der Waals surface area contributed by atoms with E-state index in [4.69, 9.17) is 4.74 Å². The molecule has 0 aromatic rings.